The van der Waals surface area contributed by atoms with Crippen LogP contribution in [0.3, 0.4) is 0 Å². The topological polar surface area (TPSA) is 26.3 Å². The van der Waals surface area contributed by atoms with E-state index in [0.29, 0.717) is 15.6 Å². The number of ketones is 1. The average Bonchev–Trinajstić information content (AvgIpc) is 2.44. The zero-order valence-electron chi connectivity index (χ0n) is 11.9. The Hall–Kier alpha value is -1.53. The molecular weight excluding hydrogens is 397 g/mol. The van der Waals surface area contributed by atoms with Gasteiger partial charge in [-0.2, -0.15) is 13.2 Å². The van der Waals surface area contributed by atoms with Crippen LogP contribution in [0.5, 0.6) is 5.75 Å². The molecule has 0 aliphatic heterocycles. The second-order valence-electron chi connectivity index (χ2n) is 4.84. The molecule has 0 saturated carbocycles. The summed E-state index contributed by atoms with van der Waals surface area (Å²) in [5.41, 5.74) is 0.369. The highest BCUT2D eigenvalue weighted by molar-refractivity contribution is 9.10. The van der Waals surface area contributed by atoms with Crippen LogP contribution < -0.4 is 4.74 Å². The first-order valence-electron chi connectivity index (χ1n) is 6.47. The van der Waals surface area contributed by atoms with Gasteiger partial charge in [-0.25, -0.2) is 0 Å². The molecule has 0 aromatic heterocycles. The van der Waals surface area contributed by atoms with Gasteiger partial charge in [-0.05, 0) is 48.9 Å². The third-order valence-corrected chi connectivity index (χ3v) is 3.77. The Morgan fingerprint density at radius 1 is 1.22 bits per heavy atom. The molecule has 0 amide bonds. The molecule has 0 heterocycles. The van der Waals surface area contributed by atoms with Gasteiger partial charge in [-0.1, -0.05) is 27.5 Å². The van der Waals surface area contributed by atoms with Crippen molar-refractivity contribution in [1.82, 2.24) is 0 Å². The lowest BCUT2D eigenvalue weighted by molar-refractivity contribution is -0.137. The number of alkyl halides is 3. The van der Waals surface area contributed by atoms with Gasteiger partial charge >= 0.3 is 6.18 Å². The van der Waals surface area contributed by atoms with Crippen LogP contribution in [-0.2, 0) is 12.8 Å². The first kappa shape index (κ1) is 17.8. The summed E-state index contributed by atoms with van der Waals surface area (Å²) in [6.45, 7) is 1.52. The fourth-order valence-corrected chi connectivity index (χ4v) is 2.67. The number of Topliss-reactive ketones (excluding diaryl/α,β-unsaturated/α-hetero) is 1. The summed E-state index contributed by atoms with van der Waals surface area (Å²) in [4.78, 5) is 11.4. The van der Waals surface area contributed by atoms with Crippen molar-refractivity contribution in [3.8, 4) is 5.75 Å². The maximum absolute atomic E-state index is 12.6. The summed E-state index contributed by atoms with van der Waals surface area (Å²) in [6, 6.07) is 7.99. The smallest absolute Gasteiger partial charge is 0.416 e. The Labute approximate surface area is 144 Å². The van der Waals surface area contributed by atoms with E-state index in [1.54, 1.807) is 18.2 Å². The standard InChI is InChI=1S/C16H11BrClF3O2/c1-9(22)11-4-10(5-13(17)6-11)8-23-15-3-2-12(7-14(15)18)16(19,20)21/h2-7H,8H2,1H3. The Bertz CT molecular complexity index is 745. The monoisotopic (exact) mass is 406 g/mol. The molecule has 7 heteroatoms. The van der Waals surface area contributed by atoms with Crippen LogP contribution in [0.15, 0.2) is 40.9 Å². The first-order valence-corrected chi connectivity index (χ1v) is 7.64. The number of benzene rings is 2. The molecule has 2 aromatic rings. The number of rotatable bonds is 4. The molecule has 0 aliphatic rings. The maximum Gasteiger partial charge on any atom is 0.416 e. The van der Waals surface area contributed by atoms with E-state index in [0.717, 1.165) is 12.1 Å². The molecule has 2 rings (SSSR count). The second-order valence-corrected chi connectivity index (χ2v) is 6.16. The van der Waals surface area contributed by atoms with Crippen molar-refractivity contribution in [3.63, 3.8) is 0 Å². The summed E-state index contributed by atoms with van der Waals surface area (Å²) in [5, 5.41) is -0.124. The van der Waals surface area contributed by atoms with Gasteiger partial charge in [0.25, 0.3) is 0 Å². The third kappa shape index (κ3) is 4.72. The lowest BCUT2D eigenvalue weighted by Gasteiger charge is -2.12. The average molecular weight is 408 g/mol. The van der Waals surface area contributed by atoms with Gasteiger partial charge in [0.1, 0.15) is 12.4 Å². The van der Waals surface area contributed by atoms with E-state index in [2.05, 4.69) is 15.9 Å². The fourth-order valence-electron chi connectivity index (χ4n) is 1.89. The quantitative estimate of drug-likeness (QED) is 0.590. The van der Waals surface area contributed by atoms with Gasteiger partial charge in [0.05, 0.1) is 10.6 Å². The molecule has 0 spiro atoms. The third-order valence-electron chi connectivity index (χ3n) is 3.02. The Morgan fingerprint density at radius 2 is 1.91 bits per heavy atom. The largest absolute Gasteiger partial charge is 0.487 e. The van der Waals surface area contributed by atoms with Crippen LogP contribution in [0.4, 0.5) is 13.2 Å². The van der Waals surface area contributed by atoms with Crippen molar-refractivity contribution in [1.29, 1.82) is 0 Å². The minimum atomic E-state index is -4.46. The molecule has 2 aromatic carbocycles. The van der Waals surface area contributed by atoms with Crippen LogP contribution >= 0.6 is 27.5 Å². The molecule has 0 unspecified atom stereocenters. The molecule has 23 heavy (non-hydrogen) atoms. The predicted molar refractivity (Wildman–Crippen MR) is 84.9 cm³/mol. The van der Waals surface area contributed by atoms with E-state index in [4.69, 9.17) is 16.3 Å². The summed E-state index contributed by atoms with van der Waals surface area (Å²) in [6.07, 6.45) is -4.46. The van der Waals surface area contributed by atoms with Gasteiger partial charge < -0.3 is 4.74 Å². The van der Waals surface area contributed by atoms with Crippen molar-refractivity contribution in [2.24, 2.45) is 0 Å². The van der Waals surface area contributed by atoms with E-state index >= 15 is 0 Å². The van der Waals surface area contributed by atoms with Gasteiger partial charge in [-0.3, -0.25) is 4.79 Å². The maximum atomic E-state index is 12.6. The van der Waals surface area contributed by atoms with Crippen LogP contribution in [0, 0.1) is 0 Å². The van der Waals surface area contributed by atoms with Crippen LogP contribution in [0.2, 0.25) is 5.02 Å². The van der Waals surface area contributed by atoms with Crippen molar-refractivity contribution >= 4 is 33.3 Å². The van der Waals surface area contributed by atoms with Crippen molar-refractivity contribution in [2.45, 2.75) is 19.7 Å². The molecule has 2 nitrogen and oxygen atoms in total. The van der Waals surface area contributed by atoms with E-state index in [-0.39, 0.29) is 23.2 Å². The van der Waals surface area contributed by atoms with Crippen LogP contribution in [-0.4, -0.2) is 5.78 Å². The molecule has 0 saturated heterocycles. The summed E-state index contributed by atoms with van der Waals surface area (Å²) < 4.78 is 43.9. The van der Waals surface area contributed by atoms with Gasteiger partial charge in [-0.15, -0.1) is 0 Å². The fraction of sp³-hybridized carbons (Fsp3) is 0.188. The number of carbonyl (C=O) groups excluding carboxylic acids is 1. The second kappa shape index (κ2) is 6.93. The first-order chi connectivity index (χ1) is 10.7. The molecule has 0 bridgehead atoms. The molecule has 122 valence electrons. The molecule has 0 aliphatic carbocycles. The zero-order valence-corrected chi connectivity index (χ0v) is 14.2. The highest BCUT2D eigenvalue weighted by Gasteiger charge is 2.31. The van der Waals surface area contributed by atoms with Crippen LogP contribution in [0.1, 0.15) is 28.4 Å². The van der Waals surface area contributed by atoms with Crippen molar-refractivity contribution in [2.75, 3.05) is 0 Å². The Morgan fingerprint density at radius 3 is 2.48 bits per heavy atom. The minimum Gasteiger partial charge on any atom is -0.487 e. The van der Waals surface area contributed by atoms with E-state index < -0.39 is 11.7 Å². The van der Waals surface area contributed by atoms with Crippen molar-refractivity contribution in [3.05, 3.63) is 62.6 Å². The highest BCUT2D eigenvalue weighted by atomic mass is 79.9. The minimum absolute atomic E-state index is 0.0742. The molecule has 0 atom stereocenters. The Balaban J connectivity index is 2.17. The van der Waals surface area contributed by atoms with E-state index in [1.807, 2.05) is 0 Å². The lowest BCUT2D eigenvalue weighted by Crippen LogP contribution is -2.05. The molecule has 0 radical (unpaired) electrons. The lowest BCUT2D eigenvalue weighted by atomic mass is 10.1. The molecule has 0 N–H and O–H groups in total. The number of carbonyl (C=O) groups is 1. The van der Waals surface area contributed by atoms with Gasteiger partial charge in [0, 0.05) is 10.0 Å². The summed E-state index contributed by atoms with van der Waals surface area (Å²) in [5.74, 6) is 0.0455. The predicted octanol–water partition coefficient (Wildman–Crippen LogP) is 5.90. The van der Waals surface area contributed by atoms with Gasteiger partial charge in [0.2, 0.25) is 0 Å². The number of halogens is 5. The summed E-state index contributed by atoms with van der Waals surface area (Å²) >= 11 is 9.12. The number of hydrogen-bond acceptors (Lipinski definition) is 2. The normalized spacial score (nSPS) is 11.4. The molecular formula is C16H11BrClF3O2. The van der Waals surface area contributed by atoms with E-state index in [9.17, 15) is 18.0 Å². The van der Waals surface area contributed by atoms with Gasteiger partial charge in [0.15, 0.2) is 5.78 Å². The number of hydrogen-bond donors (Lipinski definition) is 0. The van der Waals surface area contributed by atoms with Crippen molar-refractivity contribution < 1.29 is 22.7 Å². The van der Waals surface area contributed by atoms with Crippen LogP contribution in [0.25, 0.3) is 0 Å². The zero-order chi connectivity index (χ0) is 17.2. The number of ether oxygens (including phenoxy) is 1. The SMILES string of the molecule is CC(=O)c1cc(Br)cc(COc2ccc(C(F)(F)F)cc2Cl)c1. The molecule has 0 fully saturated rings. The highest BCUT2D eigenvalue weighted by Crippen LogP contribution is 2.35. The Kier molecular flexibility index (Phi) is 5.37. The van der Waals surface area contributed by atoms with E-state index in [1.165, 1.54) is 13.0 Å². The summed E-state index contributed by atoms with van der Waals surface area (Å²) in [7, 11) is 0.